The van der Waals surface area contributed by atoms with Crippen molar-refractivity contribution in [3.05, 3.63) is 65.1 Å². The molecule has 1 aliphatic rings. The molecular formula is C15H12N2O2. The van der Waals surface area contributed by atoms with Crippen molar-refractivity contribution in [1.82, 2.24) is 4.98 Å². The van der Waals surface area contributed by atoms with Crippen molar-refractivity contribution in [2.24, 2.45) is 4.99 Å². The molecule has 0 aliphatic carbocycles. The number of carbonyl (C=O) groups is 1. The van der Waals surface area contributed by atoms with E-state index in [0.29, 0.717) is 11.6 Å². The maximum Gasteiger partial charge on any atom is 0.363 e. The lowest BCUT2D eigenvalue weighted by Crippen LogP contribution is -2.05. The van der Waals surface area contributed by atoms with Crippen molar-refractivity contribution in [2.45, 2.75) is 6.92 Å². The molecule has 1 N–H and O–H groups in total. The van der Waals surface area contributed by atoms with E-state index < -0.39 is 5.97 Å². The summed E-state index contributed by atoms with van der Waals surface area (Å²) in [5.74, 6) is -0.0717. The van der Waals surface area contributed by atoms with Gasteiger partial charge in [-0.15, -0.1) is 0 Å². The van der Waals surface area contributed by atoms with Gasteiger partial charge in [0, 0.05) is 17.5 Å². The second-order valence-electron chi connectivity index (χ2n) is 4.33. The van der Waals surface area contributed by atoms with Gasteiger partial charge in [0.15, 0.2) is 5.70 Å². The molecule has 4 nitrogen and oxygen atoms in total. The van der Waals surface area contributed by atoms with Crippen molar-refractivity contribution in [2.75, 3.05) is 0 Å². The van der Waals surface area contributed by atoms with Crippen LogP contribution in [0.2, 0.25) is 0 Å². The molecule has 0 saturated heterocycles. The van der Waals surface area contributed by atoms with Crippen LogP contribution in [-0.2, 0) is 9.53 Å². The van der Waals surface area contributed by atoms with Gasteiger partial charge in [-0.2, -0.15) is 0 Å². The maximum atomic E-state index is 11.8. The normalized spacial score (nSPS) is 16.6. The van der Waals surface area contributed by atoms with Gasteiger partial charge in [0.25, 0.3) is 0 Å². The van der Waals surface area contributed by atoms with Gasteiger partial charge in [-0.25, -0.2) is 9.79 Å². The van der Waals surface area contributed by atoms with Crippen LogP contribution in [0, 0.1) is 6.92 Å². The number of nitrogens with one attached hydrogen (secondary N) is 1. The summed E-state index contributed by atoms with van der Waals surface area (Å²) in [6, 6.07) is 11.4. The predicted molar refractivity (Wildman–Crippen MR) is 72.6 cm³/mol. The van der Waals surface area contributed by atoms with E-state index in [0.717, 1.165) is 16.8 Å². The predicted octanol–water partition coefficient (Wildman–Crippen LogP) is 2.67. The zero-order valence-electron chi connectivity index (χ0n) is 10.4. The Morgan fingerprint density at radius 1 is 1.26 bits per heavy atom. The third-order valence-corrected chi connectivity index (χ3v) is 2.80. The molecule has 94 valence electrons. The summed E-state index contributed by atoms with van der Waals surface area (Å²) in [6.07, 6.45) is 3.46. The van der Waals surface area contributed by atoms with Gasteiger partial charge in [-0.3, -0.25) is 0 Å². The van der Waals surface area contributed by atoms with Gasteiger partial charge in [-0.05, 0) is 37.3 Å². The van der Waals surface area contributed by atoms with E-state index in [-0.39, 0.29) is 0 Å². The number of rotatable bonds is 2. The molecule has 1 aromatic carbocycles. The molecule has 2 heterocycles. The van der Waals surface area contributed by atoms with Crippen LogP contribution in [0.5, 0.6) is 0 Å². The third-order valence-electron chi connectivity index (χ3n) is 2.80. The quantitative estimate of drug-likeness (QED) is 0.660. The van der Waals surface area contributed by atoms with Crippen LogP contribution in [0.15, 0.2) is 53.3 Å². The number of esters is 1. The number of hydrogen-bond donors (Lipinski definition) is 1. The number of aromatic amines is 1. The first kappa shape index (κ1) is 11.5. The summed E-state index contributed by atoms with van der Waals surface area (Å²) in [5.41, 5.74) is 3.03. The third kappa shape index (κ3) is 2.33. The number of benzene rings is 1. The smallest absolute Gasteiger partial charge is 0.363 e. The lowest BCUT2D eigenvalue weighted by Gasteiger charge is -1.99. The molecule has 0 spiro atoms. The Balaban J connectivity index is 1.95. The van der Waals surface area contributed by atoms with Crippen LogP contribution in [0.25, 0.3) is 6.08 Å². The largest absolute Gasteiger partial charge is 0.402 e. The van der Waals surface area contributed by atoms with E-state index in [1.807, 2.05) is 43.3 Å². The van der Waals surface area contributed by atoms with Gasteiger partial charge in [-0.1, -0.05) is 17.7 Å². The first-order chi connectivity index (χ1) is 9.22. The minimum absolute atomic E-state index is 0.305. The van der Waals surface area contributed by atoms with Gasteiger partial charge < -0.3 is 9.72 Å². The molecule has 0 saturated carbocycles. The molecule has 3 rings (SSSR count). The molecule has 0 unspecified atom stereocenters. The molecule has 0 fully saturated rings. The van der Waals surface area contributed by atoms with Crippen LogP contribution in [0.4, 0.5) is 0 Å². The van der Waals surface area contributed by atoms with Crippen LogP contribution in [0.1, 0.15) is 16.8 Å². The highest BCUT2D eigenvalue weighted by Crippen LogP contribution is 2.19. The molecule has 0 atom stereocenters. The number of cyclic esters (lactones) is 1. The number of aliphatic imine (C=N–C) groups is 1. The van der Waals surface area contributed by atoms with Gasteiger partial charge in [0.05, 0.1) is 0 Å². The van der Waals surface area contributed by atoms with Crippen LogP contribution in [0.3, 0.4) is 0 Å². The monoisotopic (exact) mass is 252 g/mol. The fourth-order valence-electron chi connectivity index (χ4n) is 1.89. The SMILES string of the molecule is Cc1cccc(C2=NC(=Cc3ccc[nH]3)C(=O)O2)c1. The number of aryl methyl sites for hydroxylation is 1. The van der Waals surface area contributed by atoms with Crippen molar-refractivity contribution in [1.29, 1.82) is 0 Å². The topological polar surface area (TPSA) is 54.5 Å². The number of carbonyl (C=O) groups excluding carboxylic acids is 1. The lowest BCUT2D eigenvalue weighted by molar-refractivity contribution is -0.129. The Morgan fingerprint density at radius 3 is 2.89 bits per heavy atom. The van der Waals surface area contributed by atoms with E-state index in [1.54, 1.807) is 12.3 Å². The van der Waals surface area contributed by atoms with Crippen molar-refractivity contribution in [3.63, 3.8) is 0 Å². The van der Waals surface area contributed by atoms with Crippen molar-refractivity contribution in [3.8, 4) is 0 Å². The summed E-state index contributed by atoms with van der Waals surface area (Å²) in [4.78, 5) is 19.0. The van der Waals surface area contributed by atoms with Gasteiger partial charge in [0.2, 0.25) is 5.90 Å². The number of nitrogens with zero attached hydrogens (tertiary/aromatic N) is 1. The minimum atomic E-state index is -0.425. The number of H-pyrrole nitrogens is 1. The van der Waals surface area contributed by atoms with Crippen molar-refractivity contribution >= 4 is 17.9 Å². The average molecular weight is 252 g/mol. The van der Waals surface area contributed by atoms with Crippen LogP contribution in [-0.4, -0.2) is 16.9 Å². The van der Waals surface area contributed by atoms with Crippen LogP contribution < -0.4 is 0 Å². The molecule has 19 heavy (non-hydrogen) atoms. The highest BCUT2D eigenvalue weighted by atomic mass is 16.6. The molecule has 4 heteroatoms. The number of hydrogen-bond acceptors (Lipinski definition) is 3. The van der Waals surface area contributed by atoms with Gasteiger partial charge in [0.1, 0.15) is 0 Å². The minimum Gasteiger partial charge on any atom is -0.402 e. The van der Waals surface area contributed by atoms with Crippen molar-refractivity contribution < 1.29 is 9.53 Å². The Kier molecular flexibility index (Phi) is 2.76. The zero-order chi connectivity index (χ0) is 13.2. The highest BCUT2D eigenvalue weighted by Gasteiger charge is 2.24. The standard InChI is InChI=1S/C15H12N2O2/c1-10-4-2-5-11(8-10)14-17-13(15(18)19-14)9-12-6-3-7-16-12/h2-9,16H,1H3. The van der Waals surface area contributed by atoms with Crippen LogP contribution >= 0.6 is 0 Å². The number of ether oxygens (including phenoxy) is 1. The first-order valence-corrected chi connectivity index (χ1v) is 5.95. The molecule has 1 aromatic heterocycles. The summed E-state index contributed by atoms with van der Waals surface area (Å²) < 4.78 is 5.19. The van der Waals surface area contributed by atoms with E-state index in [2.05, 4.69) is 9.98 Å². The molecule has 2 aromatic rings. The average Bonchev–Trinajstić information content (AvgIpc) is 3.01. The second kappa shape index (κ2) is 4.57. The van der Waals surface area contributed by atoms with E-state index in [9.17, 15) is 4.79 Å². The fourth-order valence-corrected chi connectivity index (χ4v) is 1.89. The summed E-state index contributed by atoms with van der Waals surface area (Å²) in [5, 5.41) is 0. The van der Waals surface area contributed by atoms with E-state index >= 15 is 0 Å². The van der Waals surface area contributed by atoms with Gasteiger partial charge >= 0.3 is 5.97 Å². The summed E-state index contributed by atoms with van der Waals surface area (Å²) in [7, 11) is 0. The Bertz CT molecular complexity index is 682. The molecule has 0 amide bonds. The summed E-state index contributed by atoms with van der Waals surface area (Å²) in [6.45, 7) is 1.98. The Morgan fingerprint density at radius 2 is 2.16 bits per heavy atom. The lowest BCUT2D eigenvalue weighted by atomic mass is 10.1. The first-order valence-electron chi connectivity index (χ1n) is 5.95. The molecule has 0 bridgehead atoms. The summed E-state index contributed by atoms with van der Waals surface area (Å²) >= 11 is 0. The second-order valence-corrected chi connectivity index (χ2v) is 4.33. The Hall–Kier alpha value is -2.62. The Labute approximate surface area is 110 Å². The van der Waals surface area contributed by atoms with E-state index in [1.165, 1.54) is 0 Å². The molecular weight excluding hydrogens is 240 g/mol. The maximum absolute atomic E-state index is 11.8. The molecule has 0 radical (unpaired) electrons. The fraction of sp³-hybridized carbons (Fsp3) is 0.0667. The molecule has 1 aliphatic heterocycles. The highest BCUT2D eigenvalue weighted by molar-refractivity contribution is 6.12. The zero-order valence-corrected chi connectivity index (χ0v) is 10.4. The number of aromatic nitrogens is 1. The van der Waals surface area contributed by atoms with E-state index in [4.69, 9.17) is 4.74 Å².